The topological polar surface area (TPSA) is 76.7 Å². The average molecular weight is 274 g/mol. The van der Waals surface area contributed by atoms with Crippen LogP contribution in [0.2, 0.25) is 0 Å². The highest BCUT2D eigenvalue weighted by Crippen LogP contribution is 2.08. The zero-order chi connectivity index (χ0) is 15.1. The molecule has 19 heavy (non-hydrogen) atoms. The molecule has 1 atom stereocenters. The summed E-state index contributed by atoms with van der Waals surface area (Å²) < 4.78 is 9.72. The Labute approximate surface area is 115 Å². The summed E-state index contributed by atoms with van der Waals surface area (Å²) in [6.07, 6.45) is -0.453. The highest BCUT2D eigenvalue weighted by atomic mass is 16.6. The van der Waals surface area contributed by atoms with Crippen LogP contribution in [-0.4, -0.2) is 43.9 Å². The molecule has 0 fully saturated rings. The van der Waals surface area contributed by atoms with Crippen LogP contribution in [0.1, 0.15) is 34.6 Å². The molecule has 0 aromatic rings. The van der Waals surface area contributed by atoms with Gasteiger partial charge in [0.25, 0.3) is 0 Å². The lowest BCUT2D eigenvalue weighted by Crippen LogP contribution is -2.47. The lowest BCUT2D eigenvalue weighted by molar-refractivity contribution is -0.139. The summed E-state index contributed by atoms with van der Waals surface area (Å²) >= 11 is 0. The molecule has 0 bridgehead atoms. The van der Waals surface area contributed by atoms with Gasteiger partial charge in [0.15, 0.2) is 0 Å². The van der Waals surface area contributed by atoms with Gasteiger partial charge in [0.1, 0.15) is 5.60 Å². The van der Waals surface area contributed by atoms with Crippen molar-refractivity contribution in [2.75, 3.05) is 20.2 Å². The van der Waals surface area contributed by atoms with Gasteiger partial charge in [-0.05, 0) is 26.7 Å². The summed E-state index contributed by atoms with van der Waals surface area (Å²) in [6.45, 7) is 10.0. The molecule has 1 amide bonds. The van der Waals surface area contributed by atoms with Crippen molar-refractivity contribution in [3.63, 3.8) is 0 Å². The van der Waals surface area contributed by atoms with Crippen molar-refractivity contribution in [1.82, 2.24) is 10.6 Å². The Bertz CT molecular complexity index is 298. The average Bonchev–Trinajstić information content (AvgIpc) is 2.24. The van der Waals surface area contributed by atoms with E-state index in [1.807, 2.05) is 34.6 Å². The SMILES string of the molecule is COC(=O)CNCC(NC(=O)OC(C)(C)C)C(C)C. The number of methoxy groups -OCH3 is 1. The Balaban J connectivity index is 4.19. The molecule has 0 aliphatic rings. The standard InChI is InChI=1S/C13H26N2O4/c1-9(2)10(7-14-8-11(16)18-6)15-12(17)19-13(3,4)5/h9-10,14H,7-8H2,1-6H3,(H,15,17). The first-order valence-corrected chi connectivity index (χ1v) is 6.42. The molecular formula is C13H26N2O4. The van der Waals surface area contributed by atoms with Crippen molar-refractivity contribution in [3.8, 4) is 0 Å². The van der Waals surface area contributed by atoms with Gasteiger partial charge < -0.3 is 20.1 Å². The van der Waals surface area contributed by atoms with E-state index in [-0.39, 0.29) is 24.5 Å². The van der Waals surface area contributed by atoms with Crippen molar-refractivity contribution >= 4 is 12.1 Å². The first-order chi connectivity index (χ1) is 8.65. The number of nitrogens with one attached hydrogen (secondary N) is 2. The van der Waals surface area contributed by atoms with Crippen LogP contribution >= 0.6 is 0 Å². The molecule has 0 rings (SSSR count). The molecule has 0 aromatic heterocycles. The van der Waals surface area contributed by atoms with Crippen molar-refractivity contribution in [1.29, 1.82) is 0 Å². The van der Waals surface area contributed by atoms with Crippen molar-refractivity contribution in [2.24, 2.45) is 5.92 Å². The minimum atomic E-state index is -0.523. The summed E-state index contributed by atoms with van der Waals surface area (Å²) in [6, 6.07) is -0.112. The summed E-state index contributed by atoms with van der Waals surface area (Å²) in [5.74, 6) is -0.113. The summed E-state index contributed by atoms with van der Waals surface area (Å²) in [4.78, 5) is 22.7. The maximum Gasteiger partial charge on any atom is 0.407 e. The normalized spacial score (nSPS) is 13.0. The molecule has 0 saturated heterocycles. The molecule has 0 radical (unpaired) electrons. The highest BCUT2D eigenvalue weighted by Gasteiger charge is 2.21. The van der Waals surface area contributed by atoms with Gasteiger partial charge in [-0.25, -0.2) is 4.79 Å². The lowest BCUT2D eigenvalue weighted by Gasteiger charge is -2.25. The van der Waals surface area contributed by atoms with Gasteiger partial charge in [0.2, 0.25) is 0 Å². The third-order valence-corrected chi connectivity index (χ3v) is 2.37. The van der Waals surface area contributed by atoms with E-state index in [2.05, 4.69) is 15.4 Å². The zero-order valence-electron chi connectivity index (χ0n) is 12.7. The Kier molecular flexibility index (Phi) is 7.44. The van der Waals surface area contributed by atoms with Crippen LogP contribution < -0.4 is 10.6 Å². The second-order valence-corrected chi connectivity index (χ2v) is 5.70. The fraction of sp³-hybridized carbons (Fsp3) is 0.846. The summed E-state index contributed by atoms with van der Waals surface area (Å²) in [5.41, 5.74) is -0.523. The number of carbonyl (C=O) groups is 2. The number of alkyl carbamates (subject to hydrolysis) is 1. The van der Waals surface area contributed by atoms with Crippen LogP contribution in [0.25, 0.3) is 0 Å². The second-order valence-electron chi connectivity index (χ2n) is 5.70. The fourth-order valence-electron chi connectivity index (χ4n) is 1.31. The van der Waals surface area contributed by atoms with E-state index in [1.165, 1.54) is 7.11 Å². The van der Waals surface area contributed by atoms with Gasteiger partial charge in [-0.3, -0.25) is 4.79 Å². The van der Waals surface area contributed by atoms with E-state index in [0.29, 0.717) is 6.54 Å². The molecule has 6 heteroatoms. The van der Waals surface area contributed by atoms with Crippen LogP contribution in [0.3, 0.4) is 0 Å². The zero-order valence-corrected chi connectivity index (χ0v) is 12.7. The third kappa shape index (κ3) is 9.30. The number of carbonyl (C=O) groups excluding carboxylic acids is 2. The van der Waals surface area contributed by atoms with Crippen molar-refractivity contribution in [3.05, 3.63) is 0 Å². The lowest BCUT2D eigenvalue weighted by atomic mass is 10.0. The quantitative estimate of drug-likeness (QED) is 0.714. The molecule has 0 heterocycles. The van der Waals surface area contributed by atoms with Crippen LogP contribution in [0.4, 0.5) is 4.79 Å². The Morgan fingerprint density at radius 3 is 2.21 bits per heavy atom. The Morgan fingerprint density at radius 1 is 1.21 bits per heavy atom. The molecule has 0 aliphatic carbocycles. The first-order valence-electron chi connectivity index (χ1n) is 6.42. The second kappa shape index (κ2) is 7.99. The molecule has 0 spiro atoms. The maximum absolute atomic E-state index is 11.7. The number of ether oxygens (including phenoxy) is 2. The van der Waals surface area contributed by atoms with Crippen molar-refractivity contribution in [2.45, 2.75) is 46.3 Å². The van der Waals surface area contributed by atoms with Gasteiger partial charge in [-0.1, -0.05) is 13.8 Å². The number of hydrogen-bond acceptors (Lipinski definition) is 5. The molecule has 0 saturated carbocycles. The Hall–Kier alpha value is -1.30. The van der Waals surface area contributed by atoms with Gasteiger partial charge in [0.05, 0.1) is 13.7 Å². The van der Waals surface area contributed by atoms with Gasteiger partial charge >= 0.3 is 12.1 Å². The van der Waals surface area contributed by atoms with Crippen LogP contribution in [0.5, 0.6) is 0 Å². The van der Waals surface area contributed by atoms with Crippen molar-refractivity contribution < 1.29 is 19.1 Å². The molecule has 0 aromatic carbocycles. The van der Waals surface area contributed by atoms with E-state index >= 15 is 0 Å². The highest BCUT2D eigenvalue weighted by molar-refractivity contribution is 5.71. The molecule has 0 aliphatic heterocycles. The maximum atomic E-state index is 11.7. The van der Waals surface area contributed by atoms with Crippen LogP contribution in [-0.2, 0) is 14.3 Å². The van der Waals surface area contributed by atoms with Gasteiger partial charge in [-0.15, -0.1) is 0 Å². The predicted molar refractivity (Wildman–Crippen MR) is 72.9 cm³/mol. The minimum Gasteiger partial charge on any atom is -0.468 e. The monoisotopic (exact) mass is 274 g/mol. The smallest absolute Gasteiger partial charge is 0.407 e. The molecule has 1 unspecified atom stereocenters. The van der Waals surface area contributed by atoms with Crippen LogP contribution in [0.15, 0.2) is 0 Å². The Morgan fingerprint density at radius 2 is 1.79 bits per heavy atom. The predicted octanol–water partition coefficient (Wildman–Crippen LogP) is 1.30. The van der Waals surface area contributed by atoms with E-state index in [0.717, 1.165) is 0 Å². The summed E-state index contributed by atoms with van der Waals surface area (Å²) in [5, 5.41) is 5.73. The molecule has 2 N–H and O–H groups in total. The first kappa shape index (κ1) is 17.7. The van der Waals surface area contributed by atoms with E-state index < -0.39 is 11.7 Å². The van der Waals surface area contributed by atoms with E-state index in [4.69, 9.17) is 4.74 Å². The number of hydrogen-bond donors (Lipinski definition) is 2. The molecule has 6 nitrogen and oxygen atoms in total. The van der Waals surface area contributed by atoms with Gasteiger partial charge in [0, 0.05) is 12.6 Å². The van der Waals surface area contributed by atoms with E-state index in [1.54, 1.807) is 0 Å². The fourth-order valence-corrected chi connectivity index (χ4v) is 1.31. The number of esters is 1. The molecular weight excluding hydrogens is 248 g/mol. The summed E-state index contributed by atoms with van der Waals surface area (Å²) in [7, 11) is 1.34. The number of rotatable bonds is 6. The minimum absolute atomic E-state index is 0.112. The van der Waals surface area contributed by atoms with Crippen LogP contribution in [0, 0.1) is 5.92 Å². The number of amides is 1. The largest absolute Gasteiger partial charge is 0.468 e. The van der Waals surface area contributed by atoms with E-state index in [9.17, 15) is 9.59 Å². The molecule has 112 valence electrons. The van der Waals surface area contributed by atoms with Gasteiger partial charge in [-0.2, -0.15) is 0 Å². The third-order valence-electron chi connectivity index (χ3n) is 2.37.